The number of sulfonamides is 1. The van der Waals surface area contributed by atoms with E-state index < -0.39 is 15.3 Å². The maximum absolute atomic E-state index is 11.6. The maximum Gasteiger partial charge on any atom is 0.238 e. The van der Waals surface area contributed by atoms with Crippen LogP contribution in [0.5, 0.6) is 0 Å². The van der Waals surface area contributed by atoms with Crippen molar-refractivity contribution < 1.29 is 13.2 Å². The van der Waals surface area contributed by atoms with Crippen LogP contribution in [-0.4, -0.2) is 32.2 Å². The molecule has 0 aromatic rings. The van der Waals surface area contributed by atoms with E-state index in [0.717, 1.165) is 6.54 Å². The standard InChI is InChI=1S/C9H18N2O3S/c1-6(2)15(13,14)11-9(12)8-4-5-10-7(8)3/h6-8,10H,4-5H2,1-3H3,(H,11,12). The first-order valence-corrected chi connectivity index (χ1v) is 6.68. The van der Waals surface area contributed by atoms with Crippen LogP contribution in [0.25, 0.3) is 0 Å². The third-order valence-electron chi connectivity index (χ3n) is 2.73. The Labute approximate surface area is 90.7 Å². The Morgan fingerprint density at radius 3 is 2.47 bits per heavy atom. The summed E-state index contributed by atoms with van der Waals surface area (Å²) in [4.78, 5) is 11.6. The summed E-state index contributed by atoms with van der Waals surface area (Å²) in [6, 6.07) is 0.0485. The zero-order valence-electron chi connectivity index (χ0n) is 9.28. The minimum Gasteiger partial charge on any atom is -0.313 e. The van der Waals surface area contributed by atoms with Gasteiger partial charge in [-0.15, -0.1) is 0 Å². The molecule has 2 atom stereocenters. The molecule has 1 heterocycles. The minimum absolute atomic E-state index is 0.0485. The van der Waals surface area contributed by atoms with E-state index in [2.05, 4.69) is 10.0 Å². The fourth-order valence-electron chi connectivity index (χ4n) is 1.55. The van der Waals surface area contributed by atoms with E-state index >= 15 is 0 Å². The van der Waals surface area contributed by atoms with Gasteiger partial charge in [-0.3, -0.25) is 9.52 Å². The van der Waals surface area contributed by atoms with Gasteiger partial charge in [-0.25, -0.2) is 8.42 Å². The van der Waals surface area contributed by atoms with E-state index in [1.54, 1.807) is 13.8 Å². The maximum atomic E-state index is 11.6. The van der Waals surface area contributed by atoms with Crippen LogP contribution in [0.15, 0.2) is 0 Å². The number of carbonyl (C=O) groups excluding carboxylic acids is 1. The summed E-state index contributed by atoms with van der Waals surface area (Å²) in [5, 5.41) is 2.53. The number of carbonyl (C=O) groups is 1. The number of hydrogen-bond acceptors (Lipinski definition) is 4. The van der Waals surface area contributed by atoms with Gasteiger partial charge in [0.2, 0.25) is 15.9 Å². The van der Waals surface area contributed by atoms with Crippen molar-refractivity contribution in [1.29, 1.82) is 0 Å². The van der Waals surface area contributed by atoms with Gasteiger partial charge in [0.05, 0.1) is 11.2 Å². The summed E-state index contributed by atoms with van der Waals surface area (Å²) in [7, 11) is -3.49. The number of hydrogen-bond donors (Lipinski definition) is 2. The average Bonchev–Trinajstić information content (AvgIpc) is 2.50. The number of amides is 1. The van der Waals surface area contributed by atoms with Gasteiger partial charge in [0, 0.05) is 6.04 Å². The van der Waals surface area contributed by atoms with Crippen LogP contribution in [-0.2, 0) is 14.8 Å². The lowest BCUT2D eigenvalue weighted by Gasteiger charge is -2.16. The van der Waals surface area contributed by atoms with Crippen LogP contribution in [0.3, 0.4) is 0 Å². The Balaban J connectivity index is 2.64. The predicted octanol–water partition coefficient (Wildman–Crippen LogP) is -0.161. The molecule has 15 heavy (non-hydrogen) atoms. The fourth-order valence-corrected chi connectivity index (χ4v) is 2.22. The summed E-state index contributed by atoms with van der Waals surface area (Å²) in [6.07, 6.45) is 0.695. The Morgan fingerprint density at radius 2 is 2.07 bits per heavy atom. The van der Waals surface area contributed by atoms with Gasteiger partial charge in [0.25, 0.3) is 0 Å². The summed E-state index contributed by atoms with van der Waals surface area (Å²) in [6.45, 7) is 5.75. The summed E-state index contributed by atoms with van der Waals surface area (Å²) >= 11 is 0. The first-order chi connectivity index (χ1) is 6.84. The normalized spacial score (nSPS) is 26.9. The molecule has 0 aromatic carbocycles. The lowest BCUT2D eigenvalue weighted by Crippen LogP contribution is -2.42. The van der Waals surface area contributed by atoms with Gasteiger partial charge in [-0.1, -0.05) is 0 Å². The molecule has 1 aliphatic heterocycles. The summed E-state index contributed by atoms with van der Waals surface area (Å²) in [5.74, 6) is -0.625. The molecule has 0 saturated carbocycles. The van der Waals surface area contributed by atoms with E-state index in [1.807, 2.05) is 6.92 Å². The van der Waals surface area contributed by atoms with Crippen molar-refractivity contribution in [2.75, 3.05) is 6.54 Å². The van der Waals surface area contributed by atoms with Crippen LogP contribution in [0.2, 0.25) is 0 Å². The van der Waals surface area contributed by atoms with E-state index in [1.165, 1.54) is 0 Å². The van der Waals surface area contributed by atoms with E-state index in [0.29, 0.717) is 6.42 Å². The summed E-state index contributed by atoms with van der Waals surface area (Å²) in [5.41, 5.74) is 0. The van der Waals surface area contributed by atoms with E-state index in [-0.39, 0.29) is 17.9 Å². The molecule has 1 amide bonds. The molecule has 88 valence electrons. The van der Waals surface area contributed by atoms with Gasteiger partial charge in [-0.05, 0) is 33.7 Å². The van der Waals surface area contributed by atoms with Crippen LogP contribution in [0, 0.1) is 5.92 Å². The smallest absolute Gasteiger partial charge is 0.238 e. The Hall–Kier alpha value is -0.620. The highest BCUT2D eigenvalue weighted by atomic mass is 32.2. The highest BCUT2D eigenvalue weighted by molar-refractivity contribution is 7.90. The number of rotatable bonds is 3. The quantitative estimate of drug-likeness (QED) is 0.711. The van der Waals surface area contributed by atoms with E-state index in [9.17, 15) is 13.2 Å². The van der Waals surface area contributed by atoms with Crippen molar-refractivity contribution in [3.63, 3.8) is 0 Å². The second-order valence-corrected chi connectivity index (χ2v) is 6.43. The van der Waals surface area contributed by atoms with E-state index in [4.69, 9.17) is 0 Å². The van der Waals surface area contributed by atoms with Gasteiger partial charge in [0.1, 0.15) is 0 Å². The third kappa shape index (κ3) is 2.92. The van der Waals surface area contributed by atoms with Gasteiger partial charge < -0.3 is 5.32 Å². The summed E-state index contributed by atoms with van der Waals surface area (Å²) < 4.78 is 25.0. The first kappa shape index (κ1) is 12.4. The lowest BCUT2D eigenvalue weighted by atomic mass is 10.0. The van der Waals surface area contributed by atoms with Crippen LogP contribution in [0.4, 0.5) is 0 Å². The molecule has 6 heteroatoms. The second kappa shape index (κ2) is 4.49. The number of nitrogens with one attached hydrogen (secondary N) is 2. The lowest BCUT2D eigenvalue weighted by molar-refractivity contribution is -0.123. The molecule has 1 rings (SSSR count). The molecule has 2 N–H and O–H groups in total. The predicted molar refractivity (Wildman–Crippen MR) is 57.8 cm³/mol. The Morgan fingerprint density at radius 1 is 1.47 bits per heavy atom. The highest BCUT2D eigenvalue weighted by Gasteiger charge is 2.32. The molecule has 0 spiro atoms. The molecule has 5 nitrogen and oxygen atoms in total. The zero-order chi connectivity index (χ0) is 11.6. The van der Waals surface area contributed by atoms with Crippen LogP contribution in [0.1, 0.15) is 27.2 Å². The fraction of sp³-hybridized carbons (Fsp3) is 0.889. The SMILES string of the molecule is CC1NCCC1C(=O)NS(=O)(=O)C(C)C. The topological polar surface area (TPSA) is 75.3 Å². The van der Waals surface area contributed by atoms with Crippen molar-refractivity contribution in [3.05, 3.63) is 0 Å². The van der Waals surface area contributed by atoms with Crippen molar-refractivity contribution in [3.8, 4) is 0 Å². The molecule has 0 bridgehead atoms. The molecule has 1 saturated heterocycles. The zero-order valence-corrected chi connectivity index (χ0v) is 10.1. The monoisotopic (exact) mass is 234 g/mol. The third-order valence-corrected chi connectivity index (χ3v) is 4.45. The highest BCUT2D eigenvalue weighted by Crippen LogP contribution is 2.15. The van der Waals surface area contributed by atoms with Gasteiger partial charge in [0.15, 0.2) is 0 Å². The minimum atomic E-state index is -3.49. The molecule has 1 aliphatic rings. The molecule has 0 aromatic heterocycles. The molecule has 0 radical (unpaired) electrons. The molecular weight excluding hydrogens is 216 g/mol. The molecule has 2 unspecified atom stereocenters. The van der Waals surface area contributed by atoms with Crippen molar-refractivity contribution in [2.45, 2.75) is 38.5 Å². The van der Waals surface area contributed by atoms with Gasteiger partial charge >= 0.3 is 0 Å². The van der Waals surface area contributed by atoms with Crippen molar-refractivity contribution in [2.24, 2.45) is 5.92 Å². The van der Waals surface area contributed by atoms with Crippen molar-refractivity contribution >= 4 is 15.9 Å². The van der Waals surface area contributed by atoms with Gasteiger partial charge in [-0.2, -0.15) is 0 Å². The van der Waals surface area contributed by atoms with Crippen molar-refractivity contribution in [1.82, 2.24) is 10.0 Å². The molecule has 1 fully saturated rings. The first-order valence-electron chi connectivity index (χ1n) is 5.13. The Kier molecular flexibility index (Phi) is 3.72. The average molecular weight is 234 g/mol. The Bertz CT molecular complexity index is 337. The van der Waals surface area contributed by atoms with Crippen LogP contribution < -0.4 is 10.0 Å². The molecule has 0 aliphatic carbocycles. The largest absolute Gasteiger partial charge is 0.313 e. The van der Waals surface area contributed by atoms with Crippen LogP contribution >= 0.6 is 0 Å². The second-order valence-electron chi connectivity index (χ2n) is 4.20. The molecular formula is C9H18N2O3S.